The summed E-state index contributed by atoms with van der Waals surface area (Å²) in [5.74, 6) is 1.17. The van der Waals surface area contributed by atoms with Crippen molar-refractivity contribution in [3.63, 3.8) is 0 Å². The Balaban J connectivity index is 1.72. The molecule has 18 heavy (non-hydrogen) atoms. The first-order valence-corrected chi connectivity index (χ1v) is 6.29. The van der Waals surface area contributed by atoms with Gasteiger partial charge in [0.05, 0.1) is 11.8 Å². The Morgan fingerprint density at radius 3 is 2.94 bits per heavy atom. The van der Waals surface area contributed by atoms with E-state index in [1.165, 1.54) is 11.1 Å². The number of hydrogen-bond acceptors (Lipinski definition) is 3. The highest BCUT2D eigenvalue weighted by Crippen LogP contribution is 2.40. The van der Waals surface area contributed by atoms with Crippen LogP contribution in [0.2, 0.25) is 0 Å². The Morgan fingerprint density at radius 2 is 2.17 bits per heavy atom. The van der Waals surface area contributed by atoms with Crippen molar-refractivity contribution in [2.24, 2.45) is 0 Å². The van der Waals surface area contributed by atoms with Gasteiger partial charge in [-0.15, -0.1) is 0 Å². The summed E-state index contributed by atoms with van der Waals surface area (Å²) in [5, 5.41) is 10.2. The van der Waals surface area contributed by atoms with Crippen molar-refractivity contribution in [1.82, 2.24) is 9.97 Å². The second kappa shape index (κ2) is 4.50. The predicted molar refractivity (Wildman–Crippen MR) is 69.2 cm³/mol. The summed E-state index contributed by atoms with van der Waals surface area (Å²) in [5.41, 5.74) is 3.52. The van der Waals surface area contributed by atoms with Crippen LogP contribution in [0.5, 0.6) is 0 Å². The summed E-state index contributed by atoms with van der Waals surface area (Å²) in [7, 11) is 0. The molecule has 0 bridgehead atoms. The van der Waals surface area contributed by atoms with Crippen molar-refractivity contribution in [1.29, 1.82) is 0 Å². The van der Waals surface area contributed by atoms with Gasteiger partial charge in [0, 0.05) is 6.20 Å². The van der Waals surface area contributed by atoms with E-state index in [0.717, 1.165) is 18.5 Å². The van der Waals surface area contributed by atoms with E-state index in [4.69, 9.17) is 0 Å². The Bertz CT molecular complexity index is 568. The molecule has 0 saturated heterocycles. The summed E-state index contributed by atoms with van der Waals surface area (Å²) >= 11 is 0. The lowest BCUT2D eigenvalue weighted by Crippen LogP contribution is -2.19. The predicted octanol–water partition coefficient (Wildman–Crippen LogP) is 2.55. The molecule has 1 heterocycles. The van der Waals surface area contributed by atoms with Crippen LogP contribution in [-0.2, 0) is 6.42 Å². The third-order valence-corrected chi connectivity index (χ3v) is 3.61. The molecule has 1 N–H and O–H groups in total. The number of rotatable bonds is 3. The van der Waals surface area contributed by atoms with Crippen LogP contribution in [0, 0.1) is 6.92 Å². The fraction of sp³-hybridized carbons (Fsp3) is 0.333. The second-order valence-corrected chi connectivity index (χ2v) is 4.88. The van der Waals surface area contributed by atoms with Crippen LogP contribution >= 0.6 is 0 Å². The van der Waals surface area contributed by atoms with Gasteiger partial charge in [0.15, 0.2) is 0 Å². The maximum absolute atomic E-state index is 10.2. The molecule has 0 amide bonds. The number of benzene rings is 1. The van der Waals surface area contributed by atoms with Gasteiger partial charge < -0.3 is 5.11 Å². The molecule has 1 aromatic heterocycles. The van der Waals surface area contributed by atoms with Crippen LogP contribution < -0.4 is 0 Å². The third kappa shape index (κ3) is 2.02. The summed E-state index contributed by atoms with van der Waals surface area (Å²) in [6.07, 6.45) is 3.02. The zero-order valence-electron chi connectivity index (χ0n) is 10.4. The molecule has 0 spiro atoms. The van der Waals surface area contributed by atoms with Crippen LogP contribution in [0.4, 0.5) is 0 Å². The van der Waals surface area contributed by atoms with E-state index in [1.54, 1.807) is 12.3 Å². The molecular formula is C15H16N2O. The fourth-order valence-electron chi connectivity index (χ4n) is 2.62. The average Bonchev–Trinajstić information content (AvgIpc) is 2.36. The molecule has 1 aromatic carbocycles. The van der Waals surface area contributed by atoms with Gasteiger partial charge in [-0.25, -0.2) is 9.97 Å². The summed E-state index contributed by atoms with van der Waals surface area (Å²) in [6.45, 7) is 1.84. The zero-order valence-corrected chi connectivity index (χ0v) is 10.4. The van der Waals surface area contributed by atoms with Crippen molar-refractivity contribution >= 4 is 0 Å². The van der Waals surface area contributed by atoms with E-state index in [9.17, 15) is 5.11 Å². The summed E-state index contributed by atoms with van der Waals surface area (Å²) < 4.78 is 0. The van der Waals surface area contributed by atoms with E-state index in [2.05, 4.69) is 34.2 Å². The van der Waals surface area contributed by atoms with Gasteiger partial charge >= 0.3 is 0 Å². The van der Waals surface area contributed by atoms with E-state index >= 15 is 0 Å². The van der Waals surface area contributed by atoms with Gasteiger partial charge in [0.25, 0.3) is 0 Å². The third-order valence-electron chi connectivity index (χ3n) is 3.61. The summed E-state index contributed by atoms with van der Waals surface area (Å²) in [6, 6.07) is 10.2. The second-order valence-electron chi connectivity index (χ2n) is 4.88. The molecule has 3 nitrogen and oxygen atoms in total. The Hall–Kier alpha value is -1.74. The highest BCUT2D eigenvalue weighted by Gasteiger charge is 2.28. The topological polar surface area (TPSA) is 46.0 Å². The lowest BCUT2D eigenvalue weighted by molar-refractivity contribution is 0.149. The van der Waals surface area contributed by atoms with Crippen LogP contribution in [0.3, 0.4) is 0 Å². The number of aryl methyl sites for hydroxylation is 1. The number of fused-ring (bicyclic) bond motifs is 1. The van der Waals surface area contributed by atoms with Crippen LogP contribution in [0.1, 0.15) is 41.1 Å². The van der Waals surface area contributed by atoms with Crippen molar-refractivity contribution in [2.45, 2.75) is 31.8 Å². The standard InChI is InChI=1S/C15H16N2O/c1-10-16-7-6-14(17-10)15(18)9-12-8-11-4-2-3-5-13(11)12/h2-7,12,15,18H,8-9H2,1H3. The summed E-state index contributed by atoms with van der Waals surface area (Å²) in [4.78, 5) is 8.33. The Labute approximate surface area is 107 Å². The average molecular weight is 240 g/mol. The van der Waals surface area contributed by atoms with Gasteiger partial charge in [-0.2, -0.15) is 0 Å². The number of hydrogen-bond donors (Lipinski definition) is 1. The van der Waals surface area contributed by atoms with Crippen molar-refractivity contribution in [3.05, 3.63) is 59.2 Å². The molecule has 3 rings (SSSR count). The first kappa shape index (κ1) is 11.4. The maximum atomic E-state index is 10.2. The lowest BCUT2D eigenvalue weighted by atomic mass is 9.74. The first-order valence-electron chi connectivity index (χ1n) is 6.29. The molecule has 0 aliphatic heterocycles. The molecular weight excluding hydrogens is 224 g/mol. The highest BCUT2D eigenvalue weighted by atomic mass is 16.3. The smallest absolute Gasteiger partial charge is 0.125 e. The molecule has 0 fully saturated rings. The minimum absolute atomic E-state index is 0.464. The van der Waals surface area contributed by atoms with Gasteiger partial charge in [-0.1, -0.05) is 24.3 Å². The quantitative estimate of drug-likeness (QED) is 0.896. The fourth-order valence-corrected chi connectivity index (χ4v) is 2.62. The molecule has 92 valence electrons. The Kier molecular flexibility index (Phi) is 2.84. The number of aliphatic hydroxyl groups is 1. The Morgan fingerprint density at radius 1 is 1.33 bits per heavy atom. The lowest BCUT2D eigenvalue weighted by Gasteiger charge is -2.31. The van der Waals surface area contributed by atoms with Crippen molar-refractivity contribution in [3.8, 4) is 0 Å². The zero-order chi connectivity index (χ0) is 12.5. The highest BCUT2D eigenvalue weighted by molar-refractivity contribution is 5.40. The van der Waals surface area contributed by atoms with E-state index in [-0.39, 0.29) is 0 Å². The number of aromatic nitrogens is 2. The first-order chi connectivity index (χ1) is 8.74. The molecule has 2 unspecified atom stereocenters. The van der Waals surface area contributed by atoms with E-state index in [1.807, 2.05) is 6.92 Å². The van der Waals surface area contributed by atoms with Crippen LogP contribution in [-0.4, -0.2) is 15.1 Å². The molecule has 1 aliphatic rings. The monoisotopic (exact) mass is 240 g/mol. The van der Waals surface area contributed by atoms with Crippen molar-refractivity contribution < 1.29 is 5.11 Å². The van der Waals surface area contributed by atoms with Gasteiger partial charge in [-0.05, 0) is 42.9 Å². The maximum Gasteiger partial charge on any atom is 0.125 e. The van der Waals surface area contributed by atoms with Crippen LogP contribution in [0.25, 0.3) is 0 Å². The number of nitrogens with zero attached hydrogens (tertiary/aromatic N) is 2. The normalized spacial score (nSPS) is 18.9. The van der Waals surface area contributed by atoms with Gasteiger partial charge in [0.2, 0.25) is 0 Å². The molecule has 3 heteroatoms. The molecule has 0 saturated carbocycles. The van der Waals surface area contributed by atoms with E-state index < -0.39 is 6.10 Å². The van der Waals surface area contributed by atoms with Gasteiger partial charge in [0.1, 0.15) is 5.82 Å². The SMILES string of the molecule is Cc1nccc(C(O)CC2Cc3ccccc32)n1. The van der Waals surface area contributed by atoms with Crippen molar-refractivity contribution in [2.75, 3.05) is 0 Å². The molecule has 0 radical (unpaired) electrons. The van der Waals surface area contributed by atoms with Crippen LogP contribution in [0.15, 0.2) is 36.5 Å². The minimum Gasteiger partial charge on any atom is -0.387 e. The minimum atomic E-state index is -0.495. The molecule has 2 aromatic rings. The van der Waals surface area contributed by atoms with E-state index in [0.29, 0.717) is 11.7 Å². The molecule has 2 atom stereocenters. The number of aliphatic hydroxyl groups excluding tert-OH is 1. The largest absolute Gasteiger partial charge is 0.387 e. The molecule has 1 aliphatic carbocycles. The van der Waals surface area contributed by atoms with Gasteiger partial charge in [-0.3, -0.25) is 0 Å².